The van der Waals surface area contributed by atoms with Crippen molar-refractivity contribution in [1.82, 2.24) is 14.9 Å². The lowest BCUT2D eigenvalue weighted by atomic mass is 9.99. The second-order valence-corrected chi connectivity index (χ2v) is 6.41. The number of nitrogens with zero attached hydrogens (tertiary/aromatic N) is 3. The Morgan fingerprint density at radius 3 is 3.21 bits per heavy atom. The summed E-state index contributed by atoms with van der Waals surface area (Å²) in [6, 6.07) is 3.33. The zero-order chi connectivity index (χ0) is 12.7. The molecule has 0 amide bonds. The Morgan fingerprint density at radius 1 is 1.21 bits per heavy atom. The molecule has 0 aromatic carbocycles. The van der Waals surface area contributed by atoms with Gasteiger partial charge < -0.3 is 5.32 Å². The molecular weight excluding hydrogens is 256 g/mol. The molecule has 2 atom stereocenters. The molecule has 2 aromatic heterocycles. The van der Waals surface area contributed by atoms with Gasteiger partial charge >= 0.3 is 0 Å². The van der Waals surface area contributed by atoms with E-state index < -0.39 is 0 Å². The topological polar surface area (TPSA) is 41.1 Å². The molecule has 100 valence electrons. The summed E-state index contributed by atoms with van der Waals surface area (Å²) in [7, 11) is 0. The molecule has 0 saturated carbocycles. The standard InChI is InChI=1S/C14H18N4S/c1-2-6-18-7-4-10(12(18)3-1)17-14-13-11(5-8-19-13)15-9-16-14/h5,8-10,12H,1-4,6-7H2,(H,15,16,17)/t10-,12-/m0/s1. The molecule has 2 aromatic rings. The van der Waals surface area contributed by atoms with Crippen LogP contribution in [0, 0.1) is 0 Å². The van der Waals surface area contributed by atoms with Gasteiger partial charge in [-0.25, -0.2) is 9.97 Å². The van der Waals surface area contributed by atoms with E-state index in [-0.39, 0.29) is 0 Å². The Morgan fingerprint density at radius 2 is 2.21 bits per heavy atom. The fourth-order valence-corrected chi connectivity index (χ4v) is 4.28. The van der Waals surface area contributed by atoms with E-state index in [2.05, 4.69) is 31.6 Å². The van der Waals surface area contributed by atoms with Crippen molar-refractivity contribution in [2.75, 3.05) is 18.4 Å². The number of nitrogens with one attached hydrogen (secondary N) is 1. The predicted octanol–water partition coefficient (Wildman–Crippen LogP) is 2.73. The van der Waals surface area contributed by atoms with Crippen LogP contribution >= 0.6 is 11.3 Å². The molecule has 2 aliphatic rings. The van der Waals surface area contributed by atoms with Crippen LogP contribution in [0.5, 0.6) is 0 Å². The van der Waals surface area contributed by atoms with E-state index in [0.29, 0.717) is 12.1 Å². The third-order valence-corrected chi connectivity index (χ3v) is 5.33. The van der Waals surface area contributed by atoms with Crippen LogP contribution in [0.25, 0.3) is 10.2 Å². The van der Waals surface area contributed by atoms with Crippen molar-refractivity contribution < 1.29 is 0 Å². The SMILES string of the molecule is c1nc(N[C@H]2CCN3CCCC[C@@H]23)c2sccc2n1. The third kappa shape index (κ3) is 2.01. The number of piperidine rings is 1. The van der Waals surface area contributed by atoms with Gasteiger partial charge in [-0.15, -0.1) is 11.3 Å². The van der Waals surface area contributed by atoms with Crippen molar-refractivity contribution in [3.8, 4) is 0 Å². The minimum Gasteiger partial charge on any atom is -0.364 e. The minimum absolute atomic E-state index is 0.556. The minimum atomic E-state index is 0.556. The molecule has 2 fully saturated rings. The van der Waals surface area contributed by atoms with Crippen LogP contribution in [0.15, 0.2) is 17.8 Å². The van der Waals surface area contributed by atoms with Gasteiger partial charge in [-0.2, -0.15) is 0 Å². The fourth-order valence-electron chi connectivity index (χ4n) is 3.48. The summed E-state index contributed by atoms with van der Waals surface area (Å²) >= 11 is 1.73. The first kappa shape index (κ1) is 11.6. The Labute approximate surface area is 116 Å². The van der Waals surface area contributed by atoms with Crippen LogP contribution in [0.4, 0.5) is 5.82 Å². The van der Waals surface area contributed by atoms with E-state index in [9.17, 15) is 0 Å². The van der Waals surface area contributed by atoms with Crippen LogP contribution < -0.4 is 5.32 Å². The molecule has 1 N–H and O–H groups in total. The first-order valence-corrected chi connectivity index (χ1v) is 7.98. The maximum atomic E-state index is 4.45. The van der Waals surface area contributed by atoms with E-state index >= 15 is 0 Å². The number of rotatable bonds is 2. The smallest absolute Gasteiger partial charge is 0.147 e. The lowest BCUT2D eigenvalue weighted by Gasteiger charge is -2.32. The van der Waals surface area contributed by atoms with Gasteiger partial charge in [0.05, 0.1) is 10.2 Å². The molecular formula is C14H18N4S. The molecule has 0 unspecified atom stereocenters. The van der Waals surface area contributed by atoms with Crippen molar-refractivity contribution in [1.29, 1.82) is 0 Å². The number of aromatic nitrogens is 2. The summed E-state index contributed by atoms with van der Waals surface area (Å²) in [4.78, 5) is 11.4. The molecule has 4 rings (SSSR count). The molecule has 19 heavy (non-hydrogen) atoms. The Bertz CT molecular complexity index is 582. The molecule has 0 aliphatic carbocycles. The van der Waals surface area contributed by atoms with Crippen LogP contribution in [0.3, 0.4) is 0 Å². The Kier molecular flexibility index (Phi) is 2.89. The van der Waals surface area contributed by atoms with Crippen LogP contribution in [-0.4, -0.2) is 40.0 Å². The largest absolute Gasteiger partial charge is 0.364 e. The highest BCUT2D eigenvalue weighted by atomic mass is 32.1. The summed E-state index contributed by atoms with van der Waals surface area (Å²) in [5, 5.41) is 5.78. The zero-order valence-electron chi connectivity index (χ0n) is 10.9. The second kappa shape index (κ2) is 4.72. The highest BCUT2D eigenvalue weighted by Crippen LogP contribution is 2.31. The highest BCUT2D eigenvalue weighted by molar-refractivity contribution is 7.17. The van der Waals surface area contributed by atoms with Gasteiger partial charge in [0.25, 0.3) is 0 Å². The number of anilines is 1. The van der Waals surface area contributed by atoms with Gasteiger partial charge in [0.2, 0.25) is 0 Å². The van der Waals surface area contributed by atoms with E-state index in [1.165, 1.54) is 43.5 Å². The van der Waals surface area contributed by atoms with Crippen LogP contribution in [0.1, 0.15) is 25.7 Å². The first-order valence-electron chi connectivity index (χ1n) is 7.10. The molecule has 2 aliphatic heterocycles. The maximum Gasteiger partial charge on any atom is 0.147 e. The van der Waals surface area contributed by atoms with E-state index in [0.717, 1.165) is 11.3 Å². The second-order valence-electron chi connectivity index (χ2n) is 5.50. The van der Waals surface area contributed by atoms with Crippen molar-refractivity contribution in [3.05, 3.63) is 17.8 Å². The van der Waals surface area contributed by atoms with Gasteiger partial charge in [-0.05, 0) is 37.3 Å². The van der Waals surface area contributed by atoms with Crippen LogP contribution in [0.2, 0.25) is 0 Å². The zero-order valence-corrected chi connectivity index (χ0v) is 11.7. The van der Waals surface area contributed by atoms with Gasteiger partial charge in [0.15, 0.2) is 0 Å². The van der Waals surface area contributed by atoms with Gasteiger partial charge in [-0.1, -0.05) is 6.42 Å². The summed E-state index contributed by atoms with van der Waals surface area (Å²) in [5.74, 6) is 1.03. The summed E-state index contributed by atoms with van der Waals surface area (Å²) in [6.45, 7) is 2.52. The molecule has 0 radical (unpaired) electrons. The molecule has 4 nitrogen and oxygen atoms in total. The maximum absolute atomic E-state index is 4.45. The van der Waals surface area contributed by atoms with Gasteiger partial charge in [0, 0.05) is 18.6 Å². The highest BCUT2D eigenvalue weighted by Gasteiger charge is 2.35. The van der Waals surface area contributed by atoms with Gasteiger partial charge in [-0.3, -0.25) is 4.90 Å². The van der Waals surface area contributed by atoms with Crippen molar-refractivity contribution in [3.63, 3.8) is 0 Å². The Hall–Kier alpha value is -1.20. The van der Waals surface area contributed by atoms with Crippen molar-refractivity contribution in [2.45, 2.75) is 37.8 Å². The number of thiophene rings is 1. The first-order chi connectivity index (χ1) is 9.42. The summed E-state index contributed by atoms with van der Waals surface area (Å²) < 4.78 is 1.19. The summed E-state index contributed by atoms with van der Waals surface area (Å²) in [5.41, 5.74) is 1.06. The van der Waals surface area contributed by atoms with E-state index in [1.54, 1.807) is 17.7 Å². The lowest BCUT2D eigenvalue weighted by Crippen LogP contribution is -2.41. The predicted molar refractivity (Wildman–Crippen MR) is 78.7 cm³/mol. The summed E-state index contributed by atoms with van der Waals surface area (Å²) in [6.07, 6.45) is 6.98. The average Bonchev–Trinajstić information content (AvgIpc) is 3.06. The molecule has 2 saturated heterocycles. The fraction of sp³-hybridized carbons (Fsp3) is 0.571. The number of fused-ring (bicyclic) bond motifs is 2. The van der Waals surface area contributed by atoms with Crippen LogP contribution in [-0.2, 0) is 0 Å². The normalized spacial score (nSPS) is 27.6. The third-order valence-electron chi connectivity index (χ3n) is 4.42. The monoisotopic (exact) mass is 274 g/mol. The molecule has 5 heteroatoms. The van der Waals surface area contributed by atoms with Crippen molar-refractivity contribution >= 4 is 27.4 Å². The molecule has 0 spiro atoms. The number of hydrogen-bond donors (Lipinski definition) is 1. The lowest BCUT2D eigenvalue weighted by molar-refractivity contribution is 0.192. The Balaban J connectivity index is 1.59. The van der Waals surface area contributed by atoms with Gasteiger partial charge in [0.1, 0.15) is 12.1 Å². The number of hydrogen-bond acceptors (Lipinski definition) is 5. The average molecular weight is 274 g/mol. The van der Waals surface area contributed by atoms with E-state index in [4.69, 9.17) is 0 Å². The van der Waals surface area contributed by atoms with E-state index in [1.807, 2.05) is 0 Å². The van der Waals surface area contributed by atoms with Crippen molar-refractivity contribution in [2.24, 2.45) is 0 Å². The molecule has 0 bridgehead atoms. The quantitative estimate of drug-likeness (QED) is 0.914. The molecule has 4 heterocycles.